The molecule has 608 valence electrons. The second-order valence-corrected chi connectivity index (χ2v) is 33.2. The predicted octanol–water partition coefficient (Wildman–Crippen LogP) is 17.5. The zero-order chi connectivity index (χ0) is 83.8. The fraction of sp³-hybridized carbons (Fsp3) is 0.261. The molecule has 0 aliphatic carbocycles. The number of furan rings is 3. The number of nitrogens with zero attached hydrogens (tertiary/aromatic N) is 9. The van der Waals surface area contributed by atoms with Crippen molar-refractivity contribution in [1.29, 1.82) is 0 Å². The van der Waals surface area contributed by atoms with Crippen LogP contribution in [0.2, 0.25) is 15.1 Å². The normalized spacial score (nSPS) is 12.6. The van der Waals surface area contributed by atoms with Crippen LogP contribution in [0, 0.1) is 32.6 Å². The third-order valence-corrected chi connectivity index (χ3v) is 23.4. The first-order chi connectivity index (χ1) is 56.8. The Morgan fingerprint density at radius 3 is 1.09 bits per heavy atom. The van der Waals surface area contributed by atoms with Gasteiger partial charge in [-0.25, -0.2) is 23.4 Å². The van der Waals surface area contributed by atoms with Gasteiger partial charge in [0.15, 0.2) is 0 Å². The van der Waals surface area contributed by atoms with Crippen LogP contribution in [-0.2, 0) is 29.7 Å². The van der Waals surface area contributed by atoms with Crippen molar-refractivity contribution in [2.75, 3.05) is 39.3 Å². The van der Waals surface area contributed by atoms with E-state index in [0.717, 1.165) is 33.4 Å². The van der Waals surface area contributed by atoms with Crippen molar-refractivity contribution >= 4 is 123 Å². The molecule has 15 aromatic rings. The monoisotopic (exact) mass is 1660 g/mol. The van der Waals surface area contributed by atoms with Crippen LogP contribution in [0.4, 0.5) is 0 Å². The smallest absolute Gasteiger partial charge is 0.297 e. The molecule has 9 aromatic carbocycles. The summed E-state index contributed by atoms with van der Waals surface area (Å²) in [4.78, 5) is 88.9. The first-order valence-electron chi connectivity index (χ1n) is 39.2. The lowest BCUT2D eigenvalue weighted by molar-refractivity contribution is 0.0600. The zero-order valence-corrected chi connectivity index (χ0v) is 69.9. The number of benzene rings is 9. The summed E-state index contributed by atoms with van der Waals surface area (Å²) in [5, 5.41) is 3.41. The van der Waals surface area contributed by atoms with Crippen molar-refractivity contribution in [3.8, 4) is 0 Å². The average molecular weight is 1670 g/mol. The summed E-state index contributed by atoms with van der Waals surface area (Å²) >= 11 is 18.9. The van der Waals surface area contributed by atoms with Gasteiger partial charge in [0.2, 0.25) is 26.8 Å². The topological polar surface area (TPSA) is 300 Å². The van der Waals surface area contributed by atoms with E-state index in [1.54, 1.807) is 92.9 Å². The first-order valence-corrected chi connectivity index (χ1v) is 41.8. The summed E-state index contributed by atoms with van der Waals surface area (Å²) in [5.74, 6) is 0.831. The molecule has 0 aliphatic heterocycles. The van der Waals surface area contributed by atoms with Crippen LogP contribution in [0.3, 0.4) is 0 Å². The lowest BCUT2D eigenvalue weighted by Crippen LogP contribution is -2.43. The van der Waals surface area contributed by atoms with Crippen LogP contribution in [0.5, 0.6) is 0 Å². The largest absolute Gasteiger partial charge is 0.448 e. The van der Waals surface area contributed by atoms with Crippen molar-refractivity contribution in [3.63, 3.8) is 0 Å². The summed E-state index contributed by atoms with van der Waals surface area (Å²) in [6.07, 6.45) is 0.963. The Labute approximate surface area is 698 Å². The quantitative estimate of drug-likeness (QED) is 0.0454. The summed E-state index contributed by atoms with van der Waals surface area (Å²) in [6.45, 7) is 18.1. The molecule has 22 nitrogen and oxygen atoms in total. The van der Waals surface area contributed by atoms with Crippen molar-refractivity contribution in [2.24, 2.45) is 29.0 Å². The van der Waals surface area contributed by atoms with Crippen molar-refractivity contribution in [2.45, 2.75) is 111 Å². The molecule has 3 unspecified atom stereocenters. The molecule has 6 aromatic heterocycles. The Hall–Kier alpha value is -11.4. The number of aryl methyl sites for hydroxylation is 3. The molecule has 0 spiro atoms. The maximum absolute atomic E-state index is 14.1. The number of aromatic nitrogens is 6. The van der Waals surface area contributed by atoms with Gasteiger partial charge in [-0.05, 0) is 160 Å². The predicted molar refractivity (Wildman–Crippen MR) is 468 cm³/mol. The number of fused-ring (bicyclic) bond motifs is 9. The number of halogens is 3. The third kappa shape index (κ3) is 18.0. The molecule has 0 radical (unpaired) electrons. The molecule has 0 saturated carbocycles. The molecule has 0 aliphatic rings. The van der Waals surface area contributed by atoms with Gasteiger partial charge < -0.3 is 40.3 Å². The van der Waals surface area contributed by atoms with Crippen LogP contribution in [0.15, 0.2) is 251 Å². The highest BCUT2D eigenvalue weighted by Crippen LogP contribution is 2.39. The van der Waals surface area contributed by atoms with Gasteiger partial charge in [0.1, 0.15) is 50.8 Å². The lowest BCUT2D eigenvalue weighted by Gasteiger charge is -2.35. The highest BCUT2D eigenvalue weighted by atomic mass is 35.5. The zero-order valence-electron chi connectivity index (χ0n) is 66.8. The molecule has 118 heavy (non-hydrogen) atoms. The summed E-state index contributed by atoms with van der Waals surface area (Å²) in [6, 6.07) is 64.2. The van der Waals surface area contributed by atoms with E-state index in [9.17, 15) is 32.4 Å². The maximum Gasteiger partial charge on any atom is 0.297 e. The van der Waals surface area contributed by atoms with E-state index in [4.69, 9.17) is 80.2 Å². The van der Waals surface area contributed by atoms with E-state index >= 15 is 0 Å². The van der Waals surface area contributed by atoms with Crippen molar-refractivity contribution in [3.05, 3.63) is 326 Å². The standard InChI is InChI=1S/C32H33ClN4O3.C31H31ClN4O3.C29H29ClN4O4S/c1-20(2)28(36(17-7-16-34)31(38)23-12-10-21(3)11-13-23)30-35-27-25-18-24(33)14-15-26(25)40-29(27)32(39)37(30)19-22-8-5-4-6-9-22;1-19(2)27(35(16-15-33)30(37)22-11-9-20(3)10-12-22)29-34-26-24-17-23(32)13-14-25(24)39-28(26)31(38)36(29)18-21-7-5-4-6-8-21;1-3-24(34(16-15-31)39(36,37)22-12-9-19(2)10-13-22)28-32-26-23-17-21(30)11-14-25(23)38-27(26)29(35)33(28)18-20-7-5-4-6-8-20/h4-6,8-15,18,20,28H,7,16-17,19,34H2,1-3H3;4-14,17,19,27H,15-16,18,33H2,1-3H3;4-14,17,24H,3,15-16,18,31H2,1-2H3. The third-order valence-electron chi connectivity index (χ3n) is 20.8. The highest BCUT2D eigenvalue weighted by molar-refractivity contribution is 7.89. The van der Waals surface area contributed by atoms with Crippen molar-refractivity contribution in [1.82, 2.24) is 42.8 Å². The fourth-order valence-corrected chi connectivity index (χ4v) is 17.2. The van der Waals surface area contributed by atoms with Crippen LogP contribution < -0.4 is 33.9 Å². The lowest BCUT2D eigenvalue weighted by atomic mass is 9.98. The first kappa shape index (κ1) is 84.5. The van der Waals surface area contributed by atoms with Gasteiger partial charge in [-0.1, -0.05) is 214 Å². The second kappa shape index (κ2) is 37.1. The van der Waals surface area contributed by atoms with E-state index in [-0.39, 0.29) is 95.7 Å². The molecular weight excluding hydrogens is 1570 g/mol. The van der Waals surface area contributed by atoms with Crippen LogP contribution in [0.25, 0.3) is 66.2 Å². The van der Waals surface area contributed by atoms with Crippen LogP contribution in [-0.4, -0.2) is 102 Å². The molecule has 3 atom stereocenters. The Kier molecular flexibility index (Phi) is 26.5. The number of sulfonamides is 1. The molecule has 0 saturated heterocycles. The molecule has 0 fully saturated rings. The Morgan fingerprint density at radius 1 is 0.432 bits per heavy atom. The molecule has 2 amide bonds. The molecule has 6 heterocycles. The summed E-state index contributed by atoms with van der Waals surface area (Å²) in [5.41, 5.74) is 26.9. The number of carbonyl (C=O) groups excluding carboxylic acids is 2. The molecule has 15 rings (SSSR count). The molecule has 6 N–H and O–H groups in total. The highest BCUT2D eigenvalue weighted by Gasteiger charge is 2.38. The van der Waals surface area contributed by atoms with E-state index in [2.05, 4.69) is 0 Å². The van der Waals surface area contributed by atoms with Gasteiger partial charge >= 0.3 is 0 Å². The Morgan fingerprint density at radius 2 is 0.763 bits per heavy atom. The Bertz CT molecular complexity index is 6440. The van der Waals surface area contributed by atoms with Crippen LogP contribution >= 0.6 is 34.8 Å². The summed E-state index contributed by atoms with van der Waals surface area (Å²) in [7, 11) is -3.98. The SMILES string of the molecule is CCC(c1nc2c(oc3ccc(Cl)cc32)c(=O)n1Cc1ccccc1)N(CCN)S(=O)(=O)c1ccc(C)cc1.Cc1ccc(C(=O)N(CCCN)C(c2nc3c(oc4ccc(Cl)cc43)c(=O)n2Cc2ccccc2)C(C)C)cc1.Cc1ccc(C(=O)N(CCN)C(c2nc3c(oc4ccc(Cl)cc43)c(=O)n2Cc2ccccc2)C(C)C)cc1. The number of carbonyl (C=O) groups is 2. The Balaban J connectivity index is 0.000000153. The van der Waals surface area contributed by atoms with Gasteiger partial charge in [0.05, 0.1) is 42.7 Å². The van der Waals surface area contributed by atoms with Gasteiger partial charge in [-0.15, -0.1) is 0 Å². The van der Waals surface area contributed by atoms with Gasteiger partial charge in [-0.2, -0.15) is 4.31 Å². The number of amides is 2. The van der Waals surface area contributed by atoms with Crippen molar-refractivity contribution < 1.29 is 31.3 Å². The fourth-order valence-electron chi connectivity index (χ4n) is 15.0. The van der Waals surface area contributed by atoms with E-state index in [1.165, 1.54) is 8.87 Å². The van der Waals surface area contributed by atoms with Crippen LogP contribution in [0.1, 0.15) is 137 Å². The van der Waals surface area contributed by atoms with Gasteiger partial charge in [0, 0.05) is 75.1 Å². The summed E-state index contributed by atoms with van der Waals surface area (Å²) < 4.78 is 52.0. The second-order valence-electron chi connectivity index (χ2n) is 30.0. The van der Waals surface area contributed by atoms with E-state index < -0.39 is 33.7 Å². The van der Waals surface area contributed by atoms with Gasteiger partial charge in [0.25, 0.3) is 28.5 Å². The number of hydrogen-bond donors (Lipinski definition) is 3. The number of nitrogens with two attached hydrogens (primary N) is 3. The molecular formula is C92H93Cl3N12O10S. The average Bonchev–Trinajstić information content (AvgIpc) is 1.54. The number of hydrogen-bond acceptors (Lipinski definition) is 16. The molecule has 0 bridgehead atoms. The van der Waals surface area contributed by atoms with Gasteiger partial charge in [-0.3, -0.25) is 37.7 Å². The minimum atomic E-state index is -3.98. The maximum atomic E-state index is 14.1. The minimum absolute atomic E-state index is 0.0475. The molecule has 26 heteroatoms. The minimum Gasteiger partial charge on any atom is -0.448 e. The number of rotatable bonds is 26. The van der Waals surface area contributed by atoms with E-state index in [0.29, 0.717) is 126 Å². The van der Waals surface area contributed by atoms with E-state index in [1.807, 2.05) is 200 Å².